The molecule has 0 saturated carbocycles. The van der Waals surface area contributed by atoms with Crippen molar-refractivity contribution in [3.05, 3.63) is 63.1 Å². The molecule has 2 heterocycles. The smallest absolute Gasteiger partial charge is 0.326 e. The molecule has 4 rings (SSSR count). The third kappa shape index (κ3) is 3.68. The number of carboxylic acid groups (broad SMARTS) is 1. The predicted octanol–water partition coefficient (Wildman–Crippen LogP) is 3.13. The average Bonchev–Trinajstić information content (AvgIpc) is 2.66. The van der Waals surface area contributed by atoms with Crippen molar-refractivity contribution in [3.63, 3.8) is 0 Å². The van der Waals surface area contributed by atoms with Gasteiger partial charge in [0.1, 0.15) is 6.04 Å². The normalized spacial score (nSPS) is 23.1. The molecule has 28 heavy (non-hydrogen) atoms. The van der Waals surface area contributed by atoms with Crippen molar-refractivity contribution < 1.29 is 14.7 Å². The van der Waals surface area contributed by atoms with E-state index in [1.54, 1.807) is 12.1 Å². The van der Waals surface area contributed by atoms with E-state index in [9.17, 15) is 14.7 Å². The van der Waals surface area contributed by atoms with Crippen molar-refractivity contribution in [2.45, 2.75) is 37.5 Å². The molecule has 8 heteroatoms. The number of nitrogens with one attached hydrogen (secondary N) is 3. The van der Waals surface area contributed by atoms with Crippen molar-refractivity contribution in [1.29, 1.82) is 0 Å². The van der Waals surface area contributed by atoms with Gasteiger partial charge in [-0.05, 0) is 29.7 Å². The molecule has 146 valence electrons. The van der Waals surface area contributed by atoms with Gasteiger partial charge in [0, 0.05) is 34.3 Å². The highest BCUT2D eigenvalue weighted by atomic mass is 35.5. The van der Waals surface area contributed by atoms with Gasteiger partial charge in [0.2, 0.25) is 5.91 Å². The number of amides is 1. The molecule has 0 spiro atoms. The zero-order chi connectivity index (χ0) is 19.8. The Morgan fingerprint density at radius 1 is 1.11 bits per heavy atom. The molecule has 2 aliphatic rings. The highest BCUT2D eigenvalue weighted by Gasteiger charge is 2.35. The number of carbonyl (C=O) groups excluding carboxylic acids is 1. The lowest BCUT2D eigenvalue weighted by Gasteiger charge is -2.34. The van der Waals surface area contributed by atoms with E-state index in [4.69, 9.17) is 23.2 Å². The molecule has 0 saturated heterocycles. The second-order valence-electron chi connectivity index (χ2n) is 7.09. The molecule has 0 aliphatic carbocycles. The van der Waals surface area contributed by atoms with E-state index >= 15 is 0 Å². The van der Waals surface area contributed by atoms with E-state index in [1.165, 1.54) is 5.56 Å². The van der Waals surface area contributed by atoms with Crippen LogP contribution >= 0.6 is 23.2 Å². The highest BCUT2D eigenvalue weighted by Crippen LogP contribution is 2.40. The quantitative estimate of drug-likeness (QED) is 0.613. The van der Waals surface area contributed by atoms with Crippen LogP contribution < -0.4 is 16.0 Å². The fraction of sp³-hybridized carbons (Fsp3) is 0.300. The molecule has 1 unspecified atom stereocenters. The Hall–Kier alpha value is -2.28. The van der Waals surface area contributed by atoms with Crippen LogP contribution in [0.3, 0.4) is 0 Å². The number of benzene rings is 2. The van der Waals surface area contributed by atoms with Gasteiger partial charge in [-0.15, -0.1) is 0 Å². The number of carbonyl (C=O) groups is 2. The first kappa shape index (κ1) is 19.1. The van der Waals surface area contributed by atoms with E-state index in [1.807, 2.05) is 24.3 Å². The van der Waals surface area contributed by atoms with Gasteiger partial charge in [-0.25, -0.2) is 4.79 Å². The molecule has 0 bridgehead atoms. The van der Waals surface area contributed by atoms with Gasteiger partial charge in [-0.2, -0.15) is 0 Å². The molecular weight excluding hydrogens is 401 g/mol. The number of carboxylic acids is 1. The summed E-state index contributed by atoms with van der Waals surface area (Å²) in [6.45, 7) is 0.616. The monoisotopic (exact) mass is 419 g/mol. The summed E-state index contributed by atoms with van der Waals surface area (Å²) in [6.07, 6.45) is 0.773. The number of hydrogen-bond acceptors (Lipinski definition) is 4. The fourth-order valence-corrected chi connectivity index (χ4v) is 4.49. The van der Waals surface area contributed by atoms with Crippen molar-refractivity contribution in [2.24, 2.45) is 0 Å². The maximum absolute atomic E-state index is 12.9. The molecule has 2 aromatic carbocycles. The van der Waals surface area contributed by atoms with Crippen LogP contribution in [0.15, 0.2) is 36.4 Å². The van der Waals surface area contributed by atoms with E-state index in [-0.39, 0.29) is 18.4 Å². The summed E-state index contributed by atoms with van der Waals surface area (Å²) in [5, 5.41) is 19.4. The summed E-state index contributed by atoms with van der Waals surface area (Å²) in [6, 6.07) is 9.49. The third-order valence-corrected chi connectivity index (χ3v) is 5.79. The van der Waals surface area contributed by atoms with Gasteiger partial charge >= 0.3 is 5.97 Å². The maximum atomic E-state index is 12.9. The van der Waals surface area contributed by atoms with Gasteiger partial charge in [0.15, 0.2) is 0 Å². The lowest BCUT2D eigenvalue weighted by molar-refractivity contribution is -0.138. The van der Waals surface area contributed by atoms with Gasteiger partial charge in [-0.1, -0.05) is 47.5 Å². The topological polar surface area (TPSA) is 90.5 Å². The molecule has 2 aliphatic heterocycles. The summed E-state index contributed by atoms with van der Waals surface area (Å²) in [5.41, 5.74) is 3.51. The van der Waals surface area contributed by atoms with Gasteiger partial charge in [0.05, 0.1) is 12.1 Å². The largest absolute Gasteiger partial charge is 0.480 e. The minimum atomic E-state index is -0.995. The molecule has 2 aromatic rings. The first-order valence-electron chi connectivity index (χ1n) is 9.01. The summed E-state index contributed by atoms with van der Waals surface area (Å²) in [4.78, 5) is 24.5. The standard InChI is InChI=1S/C20H19Cl2N3O3/c21-12-6-13(22)18-14(7-12)24-17(20(27)28)8-15(18)25-19(26)16-5-10-3-1-2-4-11(10)9-23-16/h1-4,6-7,15-17,23-24H,5,8-9H2,(H,25,26)(H,27,28)/t15-,16?,17+/m1/s1. The van der Waals surface area contributed by atoms with Crippen LogP contribution in [0.2, 0.25) is 10.0 Å². The number of aliphatic carboxylic acids is 1. The summed E-state index contributed by atoms with van der Waals surface area (Å²) in [7, 11) is 0. The second-order valence-corrected chi connectivity index (χ2v) is 7.93. The SMILES string of the molecule is O=C(N[C@@H]1C[C@@H](C(=O)O)Nc2cc(Cl)cc(Cl)c21)C1Cc2ccccc2CN1. The van der Waals surface area contributed by atoms with Crippen LogP contribution in [-0.2, 0) is 22.6 Å². The number of anilines is 1. The Morgan fingerprint density at radius 3 is 2.61 bits per heavy atom. The molecule has 1 amide bonds. The highest BCUT2D eigenvalue weighted by molar-refractivity contribution is 6.35. The van der Waals surface area contributed by atoms with E-state index in [0.29, 0.717) is 34.3 Å². The summed E-state index contributed by atoms with van der Waals surface area (Å²) < 4.78 is 0. The Bertz CT molecular complexity index is 950. The van der Waals surface area contributed by atoms with Crippen molar-refractivity contribution in [2.75, 3.05) is 5.32 Å². The van der Waals surface area contributed by atoms with Crippen molar-refractivity contribution >= 4 is 40.8 Å². The third-order valence-electron chi connectivity index (χ3n) is 5.26. The Kier molecular flexibility index (Phi) is 5.19. The first-order chi connectivity index (χ1) is 13.4. The van der Waals surface area contributed by atoms with Crippen molar-refractivity contribution in [1.82, 2.24) is 10.6 Å². The lowest BCUT2D eigenvalue weighted by atomic mass is 9.91. The molecule has 4 N–H and O–H groups in total. The summed E-state index contributed by atoms with van der Waals surface area (Å²) >= 11 is 12.4. The van der Waals surface area contributed by atoms with Crippen LogP contribution in [0.4, 0.5) is 5.69 Å². The van der Waals surface area contributed by atoms with Gasteiger partial charge < -0.3 is 21.1 Å². The minimum Gasteiger partial charge on any atom is -0.480 e. The first-order valence-corrected chi connectivity index (χ1v) is 9.77. The molecule has 0 aromatic heterocycles. The van der Waals surface area contributed by atoms with Crippen LogP contribution in [0.25, 0.3) is 0 Å². The van der Waals surface area contributed by atoms with Crippen LogP contribution in [0, 0.1) is 0 Å². The molecule has 6 nitrogen and oxygen atoms in total. The van der Waals surface area contributed by atoms with Gasteiger partial charge in [0.25, 0.3) is 0 Å². The fourth-order valence-electron chi connectivity index (χ4n) is 3.86. The average molecular weight is 420 g/mol. The number of hydrogen-bond donors (Lipinski definition) is 4. The number of fused-ring (bicyclic) bond motifs is 2. The molecule has 0 fully saturated rings. The molecular formula is C20H19Cl2N3O3. The maximum Gasteiger partial charge on any atom is 0.326 e. The Labute approximate surface area is 172 Å². The Balaban J connectivity index is 1.57. The lowest BCUT2D eigenvalue weighted by Crippen LogP contribution is -2.50. The minimum absolute atomic E-state index is 0.178. The van der Waals surface area contributed by atoms with E-state index < -0.39 is 18.1 Å². The van der Waals surface area contributed by atoms with Crippen LogP contribution in [0.5, 0.6) is 0 Å². The molecule has 3 atom stereocenters. The number of rotatable bonds is 3. The van der Waals surface area contributed by atoms with Crippen LogP contribution in [-0.4, -0.2) is 29.1 Å². The van der Waals surface area contributed by atoms with E-state index in [2.05, 4.69) is 16.0 Å². The molecule has 0 radical (unpaired) electrons. The predicted molar refractivity (Wildman–Crippen MR) is 108 cm³/mol. The second kappa shape index (κ2) is 7.62. The van der Waals surface area contributed by atoms with Crippen molar-refractivity contribution in [3.8, 4) is 0 Å². The Morgan fingerprint density at radius 2 is 1.86 bits per heavy atom. The van der Waals surface area contributed by atoms with Crippen LogP contribution in [0.1, 0.15) is 29.2 Å². The van der Waals surface area contributed by atoms with Gasteiger partial charge in [-0.3, -0.25) is 4.79 Å². The van der Waals surface area contributed by atoms with E-state index in [0.717, 1.165) is 5.56 Å². The zero-order valence-electron chi connectivity index (χ0n) is 14.8. The zero-order valence-corrected chi connectivity index (χ0v) is 16.3. The number of halogens is 2. The summed E-state index contributed by atoms with van der Waals surface area (Å²) in [5.74, 6) is -1.17.